The molecule has 0 saturated carbocycles. The maximum atomic E-state index is 13.5. The Morgan fingerprint density at radius 2 is 1.90 bits per heavy atom. The molecule has 0 aliphatic carbocycles. The van der Waals surface area contributed by atoms with E-state index in [2.05, 4.69) is 29.6 Å². The van der Waals surface area contributed by atoms with Crippen molar-refractivity contribution in [2.24, 2.45) is 0 Å². The first-order valence-electron chi connectivity index (χ1n) is 11.3. The number of halogens is 3. The number of rotatable bonds is 13. The molecule has 0 spiro atoms. The Labute approximate surface area is 322 Å². The van der Waals surface area contributed by atoms with Gasteiger partial charge in [0.05, 0.1) is 6.10 Å². The summed E-state index contributed by atoms with van der Waals surface area (Å²) in [5.41, 5.74) is -0.212. The van der Waals surface area contributed by atoms with Crippen molar-refractivity contribution in [1.82, 2.24) is 5.32 Å². The van der Waals surface area contributed by atoms with Crippen LogP contribution in [-0.4, -0.2) is 17.9 Å². The summed E-state index contributed by atoms with van der Waals surface area (Å²) in [6.07, 6.45) is 5.56. The number of hydrogen-bond acceptors (Lipinski definition) is 5. The molecule has 10 heteroatoms. The predicted molar refractivity (Wildman–Crippen MR) is 142 cm³/mol. The number of unbranched alkanes of at least 4 members (excludes halogenated alkanes) is 1. The first-order chi connectivity index (χ1) is 17.2. The molecule has 0 bridgehead atoms. The van der Waals surface area contributed by atoms with Gasteiger partial charge in [0.15, 0.2) is 0 Å². The Hall–Kier alpha value is 0.243. The molecule has 0 saturated heterocycles. The molecular formula is C29H33ClF2K2NO4-3. The second kappa shape index (κ2) is 23.8. The van der Waals surface area contributed by atoms with Gasteiger partial charge in [-0.1, -0.05) is 56.2 Å². The molecule has 0 aliphatic rings. The molecule has 2 aromatic rings. The fourth-order valence-electron chi connectivity index (χ4n) is 3.26. The summed E-state index contributed by atoms with van der Waals surface area (Å²) < 4.78 is 31.2. The van der Waals surface area contributed by atoms with Gasteiger partial charge in [0.2, 0.25) is 0 Å². The molecule has 0 aliphatic heterocycles. The van der Waals surface area contributed by atoms with Gasteiger partial charge in [0.1, 0.15) is 11.4 Å². The summed E-state index contributed by atoms with van der Waals surface area (Å²) in [5, 5.41) is 13.7. The second-order valence-corrected chi connectivity index (χ2v) is 8.17. The summed E-state index contributed by atoms with van der Waals surface area (Å²) in [7, 11) is 0. The van der Waals surface area contributed by atoms with Gasteiger partial charge in [-0.3, -0.25) is 4.39 Å². The van der Waals surface area contributed by atoms with E-state index in [-0.39, 0.29) is 138 Å². The van der Waals surface area contributed by atoms with Crippen molar-refractivity contribution >= 4 is 24.4 Å². The van der Waals surface area contributed by atoms with Crippen molar-refractivity contribution in [2.75, 3.05) is 0 Å². The third-order valence-corrected chi connectivity index (χ3v) is 5.58. The van der Waals surface area contributed by atoms with Gasteiger partial charge in [-0.05, 0) is 35.6 Å². The Morgan fingerprint density at radius 3 is 2.38 bits per heavy atom. The summed E-state index contributed by atoms with van der Waals surface area (Å²) in [5.74, 6) is -0.988. The zero-order valence-electron chi connectivity index (χ0n) is 23.4. The Kier molecular flexibility index (Phi) is 26.6. The van der Waals surface area contributed by atoms with Crippen LogP contribution < -0.4 is 108 Å². The smallest absolute Gasteiger partial charge is 0.649 e. The van der Waals surface area contributed by atoms with Crippen molar-refractivity contribution in [1.29, 1.82) is 0 Å². The van der Waals surface area contributed by atoms with E-state index in [1.165, 1.54) is 42.9 Å². The van der Waals surface area contributed by atoms with E-state index in [1.807, 2.05) is 6.92 Å². The van der Waals surface area contributed by atoms with Crippen molar-refractivity contribution in [2.45, 2.75) is 57.7 Å². The number of carbonyl (C=O) groups excluding carboxylic acids is 2. The third kappa shape index (κ3) is 14.3. The van der Waals surface area contributed by atoms with Crippen LogP contribution in [0.15, 0.2) is 60.4 Å². The molecular weight excluding hydrogens is 578 g/mol. The van der Waals surface area contributed by atoms with Crippen molar-refractivity contribution in [3.63, 3.8) is 0 Å². The molecule has 2 aromatic carbocycles. The van der Waals surface area contributed by atoms with Crippen LogP contribution in [0.25, 0.3) is 0 Å². The topological polar surface area (TPSA) is 75.6 Å². The van der Waals surface area contributed by atoms with Gasteiger partial charge in [0.25, 0.3) is 0 Å². The molecule has 2 rings (SSSR count). The minimum Gasteiger partial charge on any atom is -0.649 e. The average molecular weight is 611 g/mol. The fraction of sp³-hybridized carbons (Fsp3) is 0.310. The first kappa shape index (κ1) is 43.7. The van der Waals surface area contributed by atoms with Crippen LogP contribution in [-0.2, 0) is 19.9 Å². The van der Waals surface area contributed by atoms with Crippen molar-refractivity contribution in [3.8, 4) is 0 Å². The number of allylic oxidation sites excluding steroid dienone is 2. The summed E-state index contributed by atoms with van der Waals surface area (Å²) in [4.78, 5) is 20.9. The monoisotopic (exact) mass is 610 g/mol. The maximum Gasteiger partial charge on any atom is 1.00 e. The Bertz CT molecular complexity index is 1040. The standard InChI is InChI=1S/C17H21FNO2.C11H9ClFO2.CH3.2K/c1-4-6-11-17(21,13(3)19-16(5-2)12-20)14-7-9-15(18)10-8-14;1-2-4-10(15-7-14)8-5-3-6-9(12)11(8)13;;;/h5,7-10,19,21H,3-4,6,11H2,1-2H3;3,6,10H,1-2,4H2;1H3;;/q-1;-3;-1;2*+1/b16-5-;;;;. The summed E-state index contributed by atoms with van der Waals surface area (Å²) >= 11 is 5.59. The predicted octanol–water partition coefficient (Wildman–Crippen LogP) is 0.797. The maximum absolute atomic E-state index is 13.5. The third-order valence-electron chi connectivity index (χ3n) is 5.29. The van der Waals surface area contributed by atoms with E-state index in [4.69, 9.17) is 11.6 Å². The zero-order valence-corrected chi connectivity index (χ0v) is 30.4. The van der Waals surface area contributed by atoms with E-state index in [0.717, 1.165) is 12.8 Å². The molecule has 0 amide bonds. The number of benzene rings is 2. The van der Waals surface area contributed by atoms with Gasteiger partial charge >= 0.3 is 103 Å². The molecule has 0 heterocycles. The van der Waals surface area contributed by atoms with E-state index in [0.29, 0.717) is 24.8 Å². The molecule has 5 nitrogen and oxygen atoms in total. The molecule has 0 aromatic heterocycles. The average Bonchev–Trinajstić information content (AvgIpc) is 2.88. The number of nitrogens with one attached hydrogen (secondary N) is 1. The second-order valence-electron chi connectivity index (χ2n) is 7.76. The van der Waals surface area contributed by atoms with E-state index in [1.54, 1.807) is 19.3 Å². The molecule has 2 unspecified atom stereocenters. The Morgan fingerprint density at radius 1 is 1.28 bits per heavy atom. The van der Waals surface area contributed by atoms with E-state index in [9.17, 15) is 23.5 Å². The van der Waals surface area contributed by atoms with Gasteiger partial charge in [0, 0.05) is 17.8 Å². The Balaban J connectivity index is -0.000000645. The van der Waals surface area contributed by atoms with Crippen molar-refractivity contribution in [3.05, 3.63) is 109 Å². The van der Waals surface area contributed by atoms with Crippen LogP contribution in [0, 0.1) is 32.1 Å². The van der Waals surface area contributed by atoms with Crippen LogP contribution in [0.4, 0.5) is 8.78 Å². The van der Waals surface area contributed by atoms with Gasteiger partial charge in [-0.2, -0.15) is 18.6 Å². The molecule has 0 fully saturated rings. The summed E-state index contributed by atoms with van der Waals surface area (Å²) in [6.45, 7) is 12.4. The number of ether oxygens (including phenoxy) is 1. The minimum absolute atomic E-state index is 0. The summed E-state index contributed by atoms with van der Waals surface area (Å²) in [6, 6.07) is 11.2. The van der Waals surface area contributed by atoms with E-state index >= 15 is 0 Å². The van der Waals surface area contributed by atoms with Crippen LogP contribution in [0.1, 0.15) is 63.2 Å². The SMILES string of the molecule is C=C(N/C([C-]=O)=C\C)C(O)(CCCC)c1ccc(F)cc1.[CH2-]CCC(O[C-]=O)c1[c-]ccc(Cl)c1F.[CH3-].[K+].[K+]. The van der Waals surface area contributed by atoms with Crippen LogP contribution in [0.2, 0.25) is 5.02 Å². The molecule has 2 atom stereocenters. The number of hydrogen-bond donors (Lipinski definition) is 2. The largest absolute Gasteiger partial charge is 1.00 e. The van der Waals surface area contributed by atoms with Crippen LogP contribution in [0.3, 0.4) is 0 Å². The number of aliphatic hydroxyl groups is 1. The molecule has 204 valence electrons. The van der Waals surface area contributed by atoms with Crippen LogP contribution >= 0.6 is 11.6 Å². The van der Waals surface area contributed by atoms with Crippen molar-refractivity contribution < 1.29 is 131 Å². The fourth-order valence-corrected chi connectivity index (χ4v) is 3.42. The van der Waals surface area contributed by atoms with Gasteiger partial charge in [-0.15, -0.1) is 24.6 Å². The molecule has 39 heavy (non-hydrogen) atoms. The molecule has 2 N–H and O–H groups in total. The first-order valence-corrected chi connectivity index (χ1v) is 11.7. The van der Waals surface area contributed by atoms with E-state index < -0.39 is 17.5 Å². The zero-order chi connectivity index (χ0) is 27.1. The molecule has 0 radical (unpaired) electrons. The van der Waals surface area contributed by atoms with Gasteiger partial charge < -0.3 is 39.1 Å². The van der Waals surface area contributed by atoms with Crippen LogP contribution in [0.5, 0.6) is 0 Å². The minimum atomic E-state index is -1.37. The van der Waals surface area contributed by atoms with Gasteiger partial charge in [-0.25, -0.2) is 10.5 Å². The quantitative estimate of drug-likeness (QED) is 0.199. The normalized spacial score (nSPS) is 12.4.